The third-order valence-corrected chi connectivity index (χ3v) is 7.72. The van der Waals surface area contributed by atoms with Gasteiger partial charge in [0.15, 0.2) is 5.82 Å². The fraction of sp³-hybridized carbons (Fsp3) is 0.522. The fourth-order valence-corrected chi connectivity index (χ4v) is 5.62. The number of carbonyl (C=O) groups excluding carboxylic acids is 2. The average Bonchev–Trinajstić information content (AvgIpc) is 3.43. The summed E-state index contributed by atoms with van der Waals surface area (Å²) in [6.45, 7) is 3.30. The number of halogens is 1. The maximum Gasteiger partial charge on any atom is 0.234 e. The van der Waals surface area contributed by atoms with Crippen molar-refractivity contribution in [1.82, 2.24) is 29.6 Å². The Hall–Kier alpha value is -2.52. The number of fused-ring (bicyclic) bond motifs is 1. The molecule has 0 N–H and O–H groups in total. The lowest BCUT2D eigenvalue weighted by molar-refractivity contribution is -0.132. The molecule has 0 radical (unpaired) electrons. The van der Waals surface area contributed by atoms with Gasteiger partial charge in [0.1, 0.15) is 5.01 Å². The number of aromatic nitrogens is 4. The third-order valence-electron chi connectivity index (χ3n) is 6.42. The number of benzene rings is 1. The van der Waals surface area contributed by atoms with Crippen LogP contribution in [0.1, 0.15) is 49.9 Å². The molecule has 0 atom stereocenters. The quantitative estimate of drug-likeness (QED) is 0.550. The molecule has 2 amide bonds. The van der Waals surface area contributed by atoms with Crippen LogP contribution in [0, 0.1) is 0 Å². The van der Waals surface area contributed by atoms with Crippen LogP contribution in [0.4, 0.5) is 0 Å². The highest BCUT2D eigenvalue weighted by Crippen LogP contribution is 2.30. The van der Waals surface area contributed by atoms with Crippen LogP contribution in [0.2, 0.25) is 5.02 Å². The highest BCUT2D eigenvalue weighted by Gasteiger charge is 2.22. The smallest absolute Gasteiger partial charge is 0.234 e. The van der Waals surface area contributed by atoms with Crippen LogP contribution in [0.15, 0.2) is 18.2 Å². The SMILES string of the molecule is O=C(Cc1ccc(-c2nn3c(CC(=O)N4CCCCC4)nnc3s2)cc1Cl)N1CCCCC1. The summed E-state index contributed by atoms with van der Waals surface area (Å²) < 4.78 is 1.66. The molecule has 4 heterocycles. The molecule has 8 nitrogen and oxygen atoms in total. The van der Waals surface area contributed by atoms with Crippen molar-refractivity contribution in [2.45, 2.75) is 51.4 Å². The maximum absolute atomic E-state index is 12.6. The molecular weight excluding hydrogens is 460 g/mol. The number of hydrogen-bond acceptors (Lipinski definition) is 6. The molecule has 0 spiro atoms. The highest BCUT2D eigenvalue weighted by atomic mass is 35.5. The number of hydrogen-bond donors (Lipinski definition) is 0. The van der Waals surface area contributed by atoms with Crippen molar-refractivity contribution < 1.29 is 9.59 Å². The first-order valence-electron chi connectivity index (χ1n) is 11.6. The van der Waals surface area contributed by atoms with Crippen molar-refractivity contribution in [3.8, 4) is 10.6 Å². The van der Waals surface area contributed by atoms with Crippen molar-refractivity contribution in [3.63, 3.8) is 0 Å². The van der Waals surface area contributed by atoms with Gasteiger partial charge >= 0.3 is 0 Å². The molecule has 2 aliphatic heterocycles. The Balaban J connectivity index is 1.30. The van der Waals surface area contributed by atoms with Crippen LogP contribution in [0.5, 0.6) is 0 Å². The largest absolute Gasteiger partial charge is 0.342 e. The summed E-state index contributed by atoms with van der Waals surface area (Å²) in [6, 6.07) is 5.70. The van der Waals surface area contributed by atoms with Crippen molar-refractivity contribution in [1.29, 1.82) is 0 Å². The molecule has 5 rings (SSSR count). The molecule has 10 heteroatoms. The molecule has 2 aromatic heterocycles. The van der Waals surface area contributed by atoms with Gasteiger partial charge < -0.3 is 9.80 Å². The molecule has 2 saturated heterocycles. The zero-order chi connectivity index (χ0) is 22.8. The van der Waals surface area contributed by atoms with Gasteiger partial charge in [-0.2, -0.15) is 9.61 Å². The lowest BCUT2D eigenvalue weighted by Gasteiger charge is -2.26. The lowest BCUT2D eigenvalue weighted by Crippen LogP contribution is -2.37. The second-order valence-electron chi connectivity index (χ2n) is 8.76. The van der Waals surface area contributed by atoms with Crippen LogP contribution >= 0.6 is 22.9 Å². The zero-order valence-electron chi connectivity index (χ0n) is 18.5. The van der Waals surface area contributed by atoms with Crippen molar-refractivity contribution in [2.24, 2.45) is 0 Å². The summed E-state index contributed by atoms with van der Waals surface area (Å²) in [7, 11) is 0. The van der Waals surface area contributed by atoms with Gasteiger partial charge in [-0.15, -0.1) is 10.2 Å². The van der Waals surface area contributed by atoms with Gasteiger partial charge in [-0.1, -0.05) is 35.1 Å². The molecule has 33 heavy (non-hydrogen) atoms. The number of amides is 2. The Morgan fingerprint density at radius 2 is 1.52 bits per heavy atom. The summed E-state index contributed by atoms with van der Waals surface area (Å²) in [6.07, 6.45) is 7.15. The monoisotopic (exact) mass is 486 g/mol. The van der Waals surface area contributed by atoms with Crippen molar-refractivity contribution in [3.05, 3.63) is 34.6 Å². The molecule has 3 aromatic rings. The summed E-state index contributed by atoms with van der Waals surface area (Å²) in [5.41, 5.74) is 1.68. The molecule has 0 unspecified atom stereocenters. The molecule has 174 valence electrons. The van der Waals surface area contributed by atoms with E-state index < -0.39 is 0 Å². The van der Waals surface area contributed by atoms with Crippen LogP contribution in [0.25, 0.3) is 15.5 Å². The fourth-order valence-electron chi connectivity index (χ4n) is 4.52. The van der Waals surface area contributed by atoms with E-state index in [4.69, 9.17) is 11.6 Å². The summed E-state index contributed by atoms with van der Waals surface area (Å²) in [5.74, 6) is 0.758. The maximum atomic E-state index is 12.6. The standard InChI is InChI=1S/C23H27ClN6O2S/c24-18-13-17(8-7-16(18)14-20(31)28-9-3-1-4-10-28)22-27-30-19(25-26-23(30)33-22)15-21(32)29-11-5-2-6-12-29/h7-8,13H,1-6,9-12,14-15H2. The summed E-state index contributed by atoms with van der Waals surface area (Å²) in [4.78, 5) is 29.7. The van der Waals surface area contributed by atoms with Gasteiger partial charge in [-0.25, -0.2) is 0 Å². The Kier molecular flexibility index (Phi) is 6.59. The first-order valence-corrected chi connectivity index (χ1v) is 12.8. The van der Waals surface area contributed by atoms with E-state index in [-0.39, 0.29) is 18.2 Å². The predicted octanol–water partition coefficient (Wildman–Crippen LogP) is 3.62. The number of likely N-dealkylation sites (tertiary alicyclic amines) is 2. The third kappa shape index (κ3) is 4.89. The normalized spacial score (nSPS) is 17.0. The molecule has 0 saturated carbocycles. The Morgan fingerprint density at radius 1 is 0.879 bits per heavy atom. The Labute approximate surface area is 201 Å². The number of nitrogens with zero attached hydrogens (tertiary/aromatic N) is 6. The highest BCUT2D eigenvalue weighted by molar-refractivity contribution is 7.19. The van der Waals surface area contributed by atoms with Crippen molar-refractivity contribution >= 4 is 39.7 Å². The zero-order valence-corrected chi connectivity index (χ0v) is 20.1. The minimum atomic E-state index is 0.0734. The van der Waals surface area contributed by atoms with Crippen LogP contribution in [0.3, 0.4) is 0 Å². The van der Waals surface area contributed by atoms with Crippen LogP contribution < -0.4 is 0 Å². The second kappa shape index (κ2) is 9.77. The van der Waals surface area contributed by atoms with E-state index >= 15 is 0 Å². The van der Waals surface area contributed by atoms with E-state index in [9.17, 15) is 9.59 Å². The Morgan fingerprint density at radius 3 is 2.15 bits per heavy atom. The molecule has 0 aliphatic carbocycles. The number of rotatable bonds is 5. The van der Waals surface area contributed by atoms with E-state index in [0.29, 0.717) is 22.2 Å². The molecule has 1 aromatic carbocycles. The topological polar surface area (TPSA) is 83.7 Å². The van der Waals surface area contributed by atoms with E-state index in [2.05, 4.69) is 15.3 Å². The van der Waals surface area contributed by atoms with Gasteiger partial charge in [-0.05, 0) is 50.2 Å². The summed E-state index contributed by atoms with van der Waals surface area (Å²) in [5, 5.41) is 14.4. The lowest BCUT2D eigenvalue weighted by atomic mass is 10.1. The Bertz CT molecular complexity index is 1160. The van der Waals surface area contributed by atoms with Crippen molar-refractivity contribution in [2.75, 3.05) is 26.2 Å². The van der Waals surface area contributed by atoms with Gasteiger partial charge in [0.05, 0.1) is 12.8 Å². The summed E-state index contributed by atoms with van der Waals surface area (Å²) >= 11 is 7.95. The van der Waals surface area contributed by atoms with E-state index in [1.165, 1.54) is 24.2 Å². The van der Waals surface area contributed by atoms with Gasteiger partial charge in [0.25, 0.3) is 0 Å². The average molecular weight is 487 g/mol. The minimum Gasteiger partial charge on any atom is -0.342 e. The number of carbonyl (C=O) groups is 2. The van der Waals surface area contributed by atoms with Gasteiger partial charge in [-0.3, -0.25) is 9.59 Å². The molecule has 0 bridgehead atoms. The first kappa shape index (κ1) is 22.3. The number of piperidine rings is 2. The predicted molar refractivity (Wildman–Crippen MR) is 127 cm³/mol. The first-order chi connectivity index (χ1) is 16.1. The van der Waals surface area contributed by atoms with E-state index in [1.807, 2.05) is 28.0 Å². The van der Waals surface area contributed by atoms with Gasteiger partial charge in [0, 0.05) is 36.8 Å². The molecule has 2 fully saturated rings. The van der Waals surface area contributed by atoms with Crippen LogP contribution in [-0.2, 0) is 22.4 Å². The van der Waals surface area contributed by atoms with Gasteiger partial charge in [0.2, 0.25) is 16.8 Å². The van der Waals surface area contributed by atoms with E-state index in [0.717, 1.165) is 68.0 Å². The van der Waals surface area contributed by atoms with E-state index in [1.54, 1.807) is 4.52 Å². The molecule has 2 aliphatic rings. The molecular formula is C23H27ClN6O2S. The second-order valence-corrected chi connectivity index (χ2v) is 10.1. The minimum absolute atomic E-state index is 0.0734. The van der Waals surface area contributed by atoms with Crippen LogP contribution in [-0.4, -0.2) is 67.6 Å².